The maximum absolute atomic E-state index is 12.2. The highest BCUT2D eigenvalue weighted by molar-refractivity contribution is 5.68. The molecule has 1 aromatic carbocycles. The van der Waals surface area contributed by atoms with Gasteiger partial charge in [-0.2, -0.15) is 0 Å². The summed E-state index contributed by atoms with van der Waals surface area (Å²) in [5.41, 5.74) is 0.806. The number of hydrogen-bond donors (Lipinski definition) is 0. The smallest absolute Gasteiger partial charge is 0.410 e. The minimum Gasteiger partial charge on any atom is -0.494 e. The number of likely N-dealkylation sites (tertiary alicyclic amines) is 1. The zero-order chi connectivity index (χ0) is 17.3. The molecule has 0 saturated carbocycles. The first-order chi connectivity index (χ1) is 11.4. The fourth-order valence-corrected chi connectivity index (χ4v) is 3.60. The Morgan fingerprint density at radius 2 is 1.67 bits per heavy atom. The van der Waals surface area contributed by atoms with Gasteiger partial charge in [-0.05, 0) is 52.0 Å². The lowest BCUT2D eigenvalue weighted by atomic mass is 10.0. The van der Waals surface area contributed by atoms with Crippen molar-refractivity contribution >= 4 is 11.8 Å². The van der Waals surface area contributed by atoms with Gasteiger partial charge in [0.05, 0.1) is 6.61 Å². The molecular formula is C19H28N2O3. The minimum atomic E-state index is -0.427. The van der Waals surface area contributed by atoms with Crippen LogP contribution in [0.5, 0.6) is 5.75 Å². The van der Waals surface area contributed by atoms with Crippen LogP contribution in [0.15, 0.2) is 24.3 Å². The van der Waals surface area contributed by atoms with Gasteiger partial charge < -0.3 is 19.3 Å². The fraction of sp³-hybridized carbons (Fsp3) is 0.632. The van der Waals surface area contributed by atoms with Gasteiger partial charge in [0.25, 0.3) is 0 Å². The molecule has 2 saturated heterocycles. The molecule has 0 bridgehead atoms. The van der Waals surface area contributed by atoms with Crippen LogP contribution in [0.4, 0.5) is 10.5 Å². The lowest BCUT2D eigenvalue weighted by molar-refractivity contribution is 0.0282. The summed E-state index contributed by atoms with van der Waals surface area (Å²) >= 11 is 0. The van der Waals surface area contributed by atoms with Crippen LogP contribution in [0, 0.1) is 11.8 Å². The van der Waals surface area contributed by atoms with Crippen molar-refractivity contribution < 1.29 is 14.3 Å². The zero-order valence-electron chi connectivity index (χ0n) is 15.1. The lowest BCUT2D eigenvalue weighted by Crippen LogP contribution is -2.37. The Kier molecular flexibility index (Phi) is 4.61. The summed E-state index contributed by atoms with van der Waals surface area (Å²) in [6.07, 6.45) is -0.176. The Hall–Kier alpha value is -1.91. The third kappa shape index (κ3) is 3.77. The largest absolute Gasteiger partial charge is 0.494 e. The predicted molar refractivity (Wildman–Crippen MR) is 94.6 cm³/mol. The number of benzene rings is 1. The van der Waals surface area contributed by atoms with Gasteiger partial charge in [0.15, 0.2) is 0 Å². The molecule has 0 radical (unpaired) electrons. The van der Waals surface area contributed by atoms with E-state index in [0.717, 1.165) is 31.9 Å². The van der Waals surface area contributed by atoms with Crippen molar-refractivity contribution in [3.8, 4) is 5.75 Å². The van der Waals surface area contributed by atoms with E-state index in [4.69, 9.17) is 9.47 Å². The maximum Gasteiger partial charge on any atom is 0.410 e. The van der Waals surface area contributed by atoms with Gasteiger partial charge >= 0.3 is 6.09 Å². The third-order valence-electron chi connectivity index (χ3n) is 4.65. The van der Waals surface area contributed by atoms with Crippen LogP contribution in [0.25, 0.3) is 0 Å². The number of ether oxygens (including phenoxy) is 2. The first-order valence-corrected chi connectivity index (χ1v) is 8.81. The summed E-state index contributed by atoms with van der Waals surface area (Å²) in [6, 6.07) is 8.30. The fourth-order valence-electron chi connectivity index (χ4n) is 3.60. The van der Waals surface area contributed by atoms with Gasteiger partial charge in [0.1, 0.15) is 11.4 Å². The van der Waals surface area contributed by atoms with E-state index in [-0.39, 0.29) is 6.09 Å². The molecule has 0 unspecified atom stereocenters. The van der Waals surface area contributed by atoms with Crippen LogP contribution in [0.3, 0.4) is 0 Å². The topological polar surface area (TPSA) is 42.0 Å². The van der Waals surface area contributed by atoms with Gasteiger partial charge in [-0.1, -0.05) is 0 Å². The summed E-state index contributed by atoms with van der Waals surface area (Å²) in [7, 11) is 0. The maximum atomic E-state index is 12.2. The first kappa shape index (κ1) is 16.9. The van der Waals surface area contributed by atoms with E-state index in [2.05, 4.69) is 17.0 Å². The summed E-state index contributed by atoms with van der Waals surface area (Å²) in [6.45, 7) is 12.0. The monoisotopic (exact) mass is 332 g/mol. The second-order valence-corrected chi connectivity index (χ2v) is 7.74. The normalized spacial score (nSPS) is 23.3. The highest BCUT2D eigenvalue weighted by Crippen LogP contribution is 2.35. The molecule has 0 spiro atoms. The second-order valence-electron chi connectivity index (χ2n) is 7.74. The van der Waals surface area contributed by atoms with Crippen molar-refractivity contribution in [3.05, 3.63) is 24.3 Å². The average Bonchev–Trinajstić information content (AvgIpc) is 3.05. The summed E-state index contributed by atoms with van der Waals surface area (Å²) in [4.78, 5) is 16.5. The molecule has 132 valence electrons. The molecule has 2 heterocycles. The molecule has 2 atom stereocenters. The quantitative estimate of drug-likeness (QED) is 0.851. The van der Waals surface area contributed by atoms with Crippen molar-refractivity contribution in [1.29, 1.82) is 0 Å². The zero-order valence-corrected chi connectivity index (χ0v) is 15.1. The molecule has 2 aliphatic heterocycles. The molecule has 0 aliphatic carbocycles. The molecule has 24 heavy (non-hydrogen) atoms. The van der Waals surface area contributed by atoms with Gasteiger partial charge in [0.2, 0.25) is 0 Å². The van der Waals surface area contributed by atoms with E-state index in [1.54, 1.807) is 0 Å². The van der Waals surface area contributed by atoms with Gasteiger partial charge in [-0.15, -0.1) is 0 Å². The number of hydrogen-bond acceptors (Lipinski definition) is 4. The van der Waals surface area contributed by atoms with E-state index in [1.165, 1.54) is 5.69 Å². The Morgan fingerprint density at radius 1 is 1.08 bits per heavy atom. The molecule has 5 nitrogen and oxygen atoms in total. The number of nitrogens with zero attached hydrogens (tertiary/aromatic N) is 2. The van der Waals surface area contributed by atoms with E-state index >= 15 is 0 Å². The van der Waals surface area contributed by atoms with Crippen LogP contribution < -0.4 is 9.64 Å². The van der Waals surface area contributed by atoms with Crippen LogP contribution in [-0.2, 0) is 4.74 Å². The van der Waals surface area contributed by atoms with Crippen molar-refractivity contribution in [1.82, 2.24) is 4.90 Å². The van der Waals surface area contributed by atoms with Gasteiger partial charge in [-0.25, -0.2) is 4.79 Å². The van der Waals surface area contributed by atoms with Gasteiger partial charge in [-0.3, -0.25) is 0 Å². The number of anilines is 1. The minimum absolute atomic E-state index is 0.176. The van der Waals surface area contributed by atoms with Crippen LogP contribution in [-0.4, -0.2) is 49.4 Å². The standard InChI is InChI=1S/C19H28N2O3/c1-5-23-17-8-6-16(7-9-17)20-10-14-12-21(13-15(14)11-20)18(22)24-19(2,3)4/h6-9,14-15H,5,10-13H2,1-4H3/t14-,15+. The average molecular weight is 332 g/mol. The van der Waals surface area contributed by atoms with E-state index in [0.29, 0.717) is 18.4 Å². The Morgan fingerprint density at radius 3 is 2.17 bits per heavy atom. The number of carbonyl (C=O) groups is 1. The molecule has 5 heteroatoms. The summed E-state index contributed by atoms with van der Waals surface area (Å²) < 4.78 is 11.0. The molecule has 1 amide bonds. The number of carbonyl (C=O) groups excluding carboxylic acids is 1. The lowest BCUT2D eigenvalue weighted by Gasteiger charge is -2.26. The van der Waals surface area contributed by atoms with Crippen molar-refractivity contribution in [2.75, 3.05) is 37.7 Å². The van der Waals surface area contributed by atoms with Crippen LogP contribution >= 0.6 is 0 Å². The SMILES string of the molecule is CCOc1ccc(N2C[C@H]3CN(C(=O)OC(C)(C)C)C[C@H]3C2)cc1. The van der Waals surface area contributed by atoms with E-state index in [9.17, 15) is 4.79 Å². The summed E-state index contributed by atoms with van der Waals surface area (Å²) in [5.74, 6) is 1.98. The van der Waals surface area contributed by atoms with E-state index < -0.39 is 5.60 Å². The van der Waals surface area contributed by atoms with Crippen LogP contribution in [0.1, 0.15) is 27.7 Å². The van der Waals surface area contributed by atoms with E-state index in [1.807, 2.05) is 44.7 Å². The molecular weight excluding hydrogens is 304 g/mol. The molecule has 2 aliphatic rings. The molecule has 0 N–H and O–H groups in total. The third-order valence-corrected chi connectivity index (χ3v) is 4.65. The number of fused-ring (bicyclic) bond motifs is 1. The Labute approximate surface area is 144 Å². The van der Waals surface area contributed by atoms with Crippen molar-refractivity contribution in [3.63, 3.8) is 0 Å². The van der Waals surface area contributed by atoms with Gasteiger partial charge in [0, 0.05) is 43.7 Å². The highest BCUT2D eigenvalue weighted by Gasteiger charge is 2.42. The Balaban J connectivity index is 1.56. The molecule has 1 aromatic rings. The molecule has 0 aromatic heterocycles. The Bertz CT molecular complexity index is 565. The first-order valence-electron chi connectivity index (χ1n) is 8.81. The number of rotatable bonds is 3. The molecule has 3 rings (SSSR count). The molecule has 2 fully saturated rings. The summed E-state index contributed by atoms with van der Waals surface area (Å²) in [5, 5.41) is 0. The second kappa shape index (κ2) is 6.54. The predicted octanol–water partition coefficient (Wildman–Crippen LogP) is 3.39. The van der Waals surface area contributed by atoms with Crippen LogP contribution in [0.2, 0.25) is 0 Å². The van der Waals surface area contributed by atoms with Crippen molar-refractivity contribution in [2.45, 2.75) is 33.3 Å². The number of amides is 1. The van der Waals surface area contributed by atoms with Crippen molar-refractivity contribution in [2.24, 2.45) is 11.8 Å². The highest BCUT2D eigenvalue weighted by atomic mass is 16.6.